The fraction of sp³-hybridized carbons (Fsp3) is 0.778. The lowest BCUT2D eigenvalue weighted by Crippen LogP contribution is -2.38. The number of unbranched alkanes of at least 4 members (excludes halogenated alkanes) is 6. The quantitative estimate of drug-likeness (QED) is 0.0654. The number of nitrogens with zero attached hydrogens (tertiary/aromatic N) is 1. The van der Waals surface area contributed by atoms with E-state index in [1.54, 1.807) is 0 Å². The van der Waals surface area contributed by atoms with E-state index in [4.69, 9.17) is 33.4 Å². The summed E-state index contributed by atoms with van der Waals surface area (Å²) in [6, 6.07) is 8.03. The summed E-state index contributed by atoms with van der Waals surface area (Å²) in [7, 11) is 0. The molecule has 0 amide bonds. The maximum absolute atomic E-state index is 15.6. The van der Waals surface area contributed by atoms with E-state index in [-0.39, 0.29) is 5.78 Å². The molecule has 0 aliphatic carbocycles. The van der Waals surface area contributed by atoms with Crippen molar-refractivity contribution in [2.45, 2.75) is 243 Å². The summed E-state index contributed by atoms with van der Waals surface area (Å²) in [6.45, 7) is 30.3. The van der Waals surface area contributed by atoms with Crippen LogP contribution < -0.4 is 23.7 Å². The molecule has 8 heteroatoms. The van der Waals surface area contributed by atoms with Gasteiger partial charge >= 0.3 is 0 Å². The Morgan fingerprint density at radius 2 is 0.775 bits per heavy atom. The smallest absolute Gasteiger partial charge is 0.203 e. The van der Waals surface area contributed by atoms with E-state index in [9.17, 15) is 0 Å². The average Bonchev–Trinajstić information content (AvgIpc) is 3.39. The number of hydrogen-bond acceptors (Lipinski definition) is 8. The molecule has 7 unspecified atom stereocenters. The molecule has 0 fully saturated rings. The van der Waals surface area contributed by atoms with E-state index in [1.165, 1.54) is 12.8 Å². The summed E-state index contributed by atoms with van der Waals surface area (Å²) < 4.78 is 41.4. The molecule has 3 rings (SSSR count). The zero-order chi connectivity index (χ0) is 51.8. The Hall–Kier alpha value is -3.26. The van der Waals surface area contributed by atoms with Crippen molar-refractivity contribution in [3.63, 3.8) is 0 Å². The highest BCUT2D eigenvalue weighted by Gasteiger charge is 2.38. The third-order valence-electron chi connectivity index (χ3n) is 15.5. The molecule has 2 aromatic carbocycles. The van der Waals surface area contributed by atoms with Gasteiger partial charge in [-0.3, -0.25) is 4.79 Å². The van der Waals surface area contributed by atoms with Crippen LogP contribution in [0.3, 0.4) is 0 Å². The van der Waals surface area contributed by atoms with Gasteiger partial charge in [-0.1, -0.05) is 199 Å². The molecule has 0 radical (unpaired) electrons. The van der Waals surface area contributed by atoms with E-state index in [0.29, 0.717) is 121 Å². The topological polar surface area (TPSA) is 84.8 Å². The lowest BCUT2D eigenvalue weighted by Gasteiger charge is -2.29. The Balaban J connectivity index is 2.41. The van der Waals surface area contributed by atoms with Gasteiger partial charge in [0.2, 0.25) is 11.5 Å². The van der Waals surface area contributed by atoms with Crippen LogP contribution in [0.2, 0.25) is 0 Å². The highest BCUT2D eigenvalue weighted by Crippen LogP contribution is 2.45. The third-order valence-corrected chi connectivity index (χ3v) is 15.5. The molecule has 2 aromatic rings. The van der Waals surface area contributed by atoms with Crippen LogP contribution in [0.1, 0.15) is 253 Å². The number of hydrogen-bond donors (Lipinski definition) is 0. The van der Waals surface area contributed by atoms with Crippen molar-refractivity contribution in [3.05, 3.63) is 35.4 Å². The van der Waals surface area contributed by atoms with Gasteiger partial charge < -0.3 is 28.4 Å². The summed E-state index contributed by atoms with van der Waals surface area (Å²) in [5.74, 6) is 5.36. The fourth-order valence-electron chi connectivity index (χ4n) is 9.66. The summed E-state index contributed by atoms with van der Waals surface area (Å²) in [4.78, 5) is 21.1. The molecule has 0 aromatic heterocycles. The van der Waals surface area contributed by atoms with Crippen molar-refractivity contribution in [1.29, 1.82) is 0 Å². The third kappa shape index (κ3) is 21.2. The second kappa shape index (κ2) is 36.6. The maximum Gasteiger partial charge on any atom is 0.203 e. The second-order valence-corrected chi connectivity index (χ2v) is 21.2. The fourth-order valence-corrected chi connectivity index (χ4v) is 9.66. The predicted octanol–water partition coefficient (Wildman–Crippen LogP) is 18.6. The Morgan fingerprint density at radius 1 is 0.423 bits per heavy atom. The molecule has 7 atom stereocenters. The second-order valence-electron chi connectivity index (χ2n) is 21.2. The number of carbonyl (C=O) groups is 1. The number of benzene rings is 2. The van der Waals surface area contributed by atoms with E-state index < -0.39 is 6.10 Å². The van der Waals surface area contributed by atoms with Crippen LogP contribution in [-0.2, 0) is 4.74 Å². The molecule has 406 valence electrons. The highest BCUT2D eigenvalue weighted by molar-refractivity contribution is 6.26. The van der Waals surface area contributed by atoms with Gasteiger partial charge in [-0.05, 0) is 86.2 Å². The lowest BCUT2D eigenvalue weighted by atomic mass is 9.91. The van der Waals surface area contributed by atoms with E-state index in [2.05, 4.69) is 95.2 Å². The van der Waals surface area contributed by atoms with Gasteiger partial charge in [0.1, 0.15) is 11.5 Å². The van der Waals surface area contributed by atoms with Crippen molar-refractivity contribution >= 4 is 17.2 Å². The number of carbonyl (C=O) groups excluding carboxylic acids is 1. The number of aliphatic imine (C=N–C) groups is 1. The summed E-state index contributed by atoms with van der Waals surface area (Å²) in [5, 5.41) is 0. The monoisotopic (exact) mass is 990 g/mol. The number of Topliss-reactive ketones (excluding diaryl/α,β-unsaturated/α-hetero) is 1. The Labute approximate surface area is 436 Å². The van der Waals surface area contributed by atoms with Crippen LogP contribution in [-0.4, -0.2) is 57.2 Å². The Kier molecular flexibility index (Phi) is 32.0. The van der Waals surface area contributed by atoms with Crippen molar-refractivity contribution in [2.24, 2.45) is 40.5 Å². The molecular weight excluding hydrogens is 883 g/mol. The average molecular weight is 991 g/mol. The number of ketones is 1. The molecule has 1 aliphatic rings. The van der Waals surface area contributed by atoms with E-state index in [0.717, 1.165) is 147 Å². The summed E-state index contributed by atoms with van der Waals surface area (Å²) in [5.41, 5.74) is 2.34. The summed E-state index contributed by atoms with van der Waals surface area (Å²) >= 11 is 0. The van der Waals surface area contributed by atoms with Crippen LogP contribution >= 0.6 is 0 Å². The molecule has 0 N–H and O–H groups in total. The first-order chi connectivity index (χ1) is 34.6. The van der Waals surface area contributed by atoms with Crippen LogP contribution in [0.15, 0.2) is 29.3 Å². The number of fused-ring (bicyclic) bond motifs is 1. The largest absolute Gasteiger partial charge is 0.493 e. The molecule has 1 heterocycles. The van der Waals surface area contributed by atoms with E-state index >= 15 is 4.79 Å². The minimum atomic E-state index is -0.959. The highest BCUT2D eigenvalue weighted by atomic mass is 16.5. The molecule has 0 spiro atoms. The predicted molar refractivity (Wildman–Crippen MR) is 300 cm³/mol. The van der Waals surface area contributed by atoms with Gasteiger partial charge in [-0.25, -0.2) is 4.99 Å². The molecule has 0 saturated heterocycles. The zero-order valence-electron chi connectivity index (χ0n) is 47.9. The van der Waals surface area contributed by atoms with Crippen LogP contribution in [0.5, 0.6) is 28.7 Å². The number of rotatable bonds is 43. The standard InChI is InChI=1S/C63H107NO7/c1-13-25-31-47(19-7)41-66-54-39-55-59(56(40-54)67-42-48(20-8)32-26-14-2)61(65)63(71-46-52(24-12)36-30-18-6)60(64-55)53-37-57(68-43-49(21-9)33-27-15-3)62(70-45-51(23-11)35-29-17-5)58(38-53)69-44-50(22-10)34-28-16-4/h37-40,47-52,63H,13-36,41-46H2,1-12H3. The first-order valence-corrected chi connectivity index (χ1v) is 29.9. The minimum absolute atomic E-state index is 0.129. The van der Waals surface area contributed by atoms with Gasteiger partial charge in [0.15, 0.2) is 17.6 Å². The van der Waals surface area contributed by atoms with Crippen LogP contribution in [0.4, 0.5) is 5.69 Å². The van der Waals surface area contributed by atoms with Crippen LogP contribution in [0, 0.1) is 35.5 Å². The van der Waals surface area contributed by atoms with Crippen molar-refractivity contribution in [3.8, 4) is 28.7 Å². The van der Waals surface area contributed by atoms with Gasteiger partial charge in [0, 0.05) is 17.7 Å². The molecule has 71 heavy (non-hydrogen) atoms. The van der Waals surface area contributed by atoms with Gasteiger partial charge in [0.25, 0.3) is 0 Å². The Morgan fingerprint density at radius 3 is 1.15 bits per heavy atom. The zero-order valence-corrected chi connectivity index (χ0v) is 47.9. The number of ether oxygens (including phenoxy) is 6. The molecule has 0 bridgehead atoms. The molecular formula is C63H107NO7. The maximum atomic E-state index is 15.6. The normalized spacial score (nSPS) is 16.1. The lowest BCUT2D eigenvalue weighted by molar-refractivity contribution is 0.0479. The molecule has 0 saturated carbocycles. The minimum Gasteiger partial charge on any atom is -0.493 e. The van der Waals surface area contributed by atoms with Crippen molar-refractivity contribution < 1.29 is 33.2 Å². The molecule has 8 nitrogen and oxygen atoms in total. The van der Waals surface area contributed by atoms with Crippen LogP contribution in [0.25, 0.3) is 0 Å². The van der Waals surface area contributed by atoms with Gasteiger partial charge in [-0.15, -0.1) is 0 Å². The molecule has 1 aliphatic heterocycles. The Bertz CT molecular complexity index is 1720. The van der Waals surface area contributed by atoms with Gasteiger partial charge in [0.05, 0.1) is 56.6 Å². The van der Waals surface area contributed by atoms with Gasteiger partial charge in [-0.2, -0.15) is 0 Å². The SMILES string of the molecule is CCCCC(CC)COc1cc2c(c(OCC(CC)CCCC)c1)C(=O)C(OCC(CC)CCCC)C(c1cc(OCC(CC)CCCC)c(OCC(CC)CCCC)c(OCC(CC)CCCC)c1)=N2. The van der Waals surface area contributed by atoms with E-state index in [1.807, 2.05) is 12.1 Å². The van der Waals surface area contributed by atoms with Crippen molar-refractivity contribution in [1.82, 2.24) is 0 Å². The van der Waals surface area contributed by atoms with Crippen molar-refractivity contribution in [2.75, 3.05) is 39.6 Å². The first kappa shape index (κ1) is 62.0. The summed E-state index contributed by atoms with van der Waals surface area (Å²) in [6.07, 6.45) is 25.5. The first-order valence-electron chi connectivity index (χ1n) is 29.9.